The van der Waals surface area contributed by atoms with Crippen molar-refractivity contribution in [2.24, 2.45) is 10.9 Å². The number of thioether (sulfide) groups is 1. The summed E-state index contributed by atoms with van der Waals surface area (Å²) < 4.78 is 0.163. The van der Waals surface area contributed by atoms with E-state index in [0.717, 1.165) is 18.8 Å². The van der Waals surface area contributed by atoms with Crippen LogP contribution in [0.3, 0.4) is 0 Å². The molecule has 1 aromatic heterocycles. The lowest BCUT2D eigenvalue weighted by molar-refractivity contribution is 0.318. The van der Waals surface area contributed by atoms with Gasteiger partial charge in [0.1, 0.15) is 5.82 Å². The average molecular weight is 301 g/mol. The Kier molecular flexibility index (Phi) is 4.10. The molecule has 0 aromatic carbocycles. The van der Waals surface area contributed by atoms with Crippen LogP contribution in [-0.4, -0.2) is 39.6 Å². The number of pyridine rings is 1. The van der Waals surface area contributed by atoms with E-state index in [1.165, 1.54) is 0 Å². The molecule has 1 aromatic rings. The fourth-order valence-corrected chi connectivity index (χ4v) is 3.54. The van der Waals surface area contributed by atoms with Gasteiger partial charge < -0.3 is 15.8 Å². The topological polar surface area (TPSA) is 74.7 Å². The molecule has 104 valence electrons. The van der Waals surface area contributed by atoms with Gasteiger partial charge >= 0.3 is 0 Å². The van der Waals surface area contributed by atoms with Gasteiger partial charge in [0.05, 0.1) is 5.02 Å². The Morgan fingerprint density at radius 1 is 1.63 bits per heavy atom. The molecule has 0 aliphatic carbocycles. The zero-order chi connectivity index (χ0) is 14.0. The van der Waals surface area contributed by atoms with Crippen molar-refractivity contribution in [3.63, 3.8) is 0 Å². The standard InChI is InChI=1S/C12H17ClN4OS/c1-12(2)7-17(5-6-19-12)11-9(13)8(3-4-15-11)10(14)16-18/h3-4,18H,5-7H2,1-2H3,(H2,14,16). The molecule has 1 aliphatic rings. The summed E-state index contributed by atoms with van der Waals surface area (Å²) in [7, 11) is 0. The summed E-state index contributed by atoms with van der Waals surface area (Å²) in [5.41, 5.74) is 6.12. The lowest BCUT2D eigenvalue weighted by atomic mass is 10.1. The third kappa shape index (κ3) is 3.06. The number of oxime groups is 1. The summed E-state index contributed by atoms with van der Waals surface area (Å²) in [4.78, 5) is 6.48. The monoisotopic (exact) mass is 300 g/mol. The predicted octanol–water partition coefficient (Wildman–Crippen LogP) is 2.16. The Labute approximate surface area is 121 Å². The summed E-state index contributed by atoms with van der Waals surface area (Å²) >= 11 is 8.26. The van der Waals surface area contributed by atoms with Crippen molar-refractivity contribution in [1.29, 1.82) is 0 Å². The molecule has 0 amide bonds. The Morgan fingerprint density at radius 2 is 2.37 bits per heavy atom. The summed E-state index contributed by atoms with van der Waals surface area (Å²) in [6.07, 6.45) is 1.63. The second-order valence-electron chi connectivity index (χ2n) is 5.01. The number of amidine groups is 1. The predicted molar refractivity (Wildman–Crippen MR) is 80.5 cm³/mol. The number of aromatic nitrogens is 1. The molecule has 0 spiro atoms. The molecule has 1 saturated heterocycles. The highest BCUT2D eigenvalue weighted by Crippen LogP contribution is 2.34. The lowest BCUT2D eigenvalue weighted by Crippen LogP contribution is -2.43. The van der Waals surface area contributed by atoms with Crippen molar-refractivity contribution in [3.05, 3.63) is 22.8 Å². The van der Waals surface area contributed by atoms with Crippen LogP contribution in [0.15, 0.2) is 17.4 Å². The minimum Gasteiger partial charge on any atom is -0.409 e. The molecule has 1 fully saturated rings. The molecule has 1 aliphatic heterocycles. The molecule has 0 unspecified atom stereocenters. The van der Waals surface area contributed by atoms with Crippen molar-refractivity contribution in [1.82, 2.24) is 4.98 Å². The second kappa shape index (κ2) is 5.46. The largest absolute Gasteiger partial charge is 0.409 e. The Bertz CT molecular complexity index is 507. The van der Waals surface area contributed by atoms with Gasteiger partial charge in [0.25, 0.3) is 0 Å². The Morgan fingerprint density at radius 3 is 3.00 bits per heavy atom. The maximum atomic E-state index is 8.76. The molecular weight excluding hydrogens is 284 g/mol. The highest BCUT2D eigenvalue weighted by Gasteiger charge is 2.29. The zero-order valence-corrected chi connectivity index (χ0v) is 12.5. The summed E-state index contributed by atoms with van der Waals surface area (Å²) in [5, 5.41) is 12.2. The number of nitrogens with two attached hydrogens (primary N) is 1. The molecule has 0 saturated carbocycles. The highest BCUT2D eigenvalue weighted by atomic mass is 35.5. The Balaban J connectivity index is 2.35. The molecule has 0 bridgehead atoms. The molecule has 2 heterocycles. The van der Waals surface area contributed by atoms with Crippen LogP contribution < -0.4 is 10.6 Å². The van der Waals surface area contributed by atoms with Crippen LogP contribution in [0.5, 0.6) is 0 Å². The first-order valence-electron chi connectivity index (χ1n) is 5.96. The van der Waals surface area contributed by atoms with E-state index in [2.05, 4.69) is 28.9 Å². The van der Waals surface area contributed by atoms with Gasteiger partial charge in [-0.05, 0) is 19.9 Å². The van der Waals surface area contributed by atoms with Crippen molar-refractivity contribution in [2.45, 2.75) is 18.6 Å². The SMILES string of the molecule is CC1(C)CN(c2nccc(/C(N)=N/O)c2Cl)CCS1. The van der Waals surface area contributed by atoms with E-state index >= 15 is 0 Å². The maximum Gasteiger partial charge on any atom is 0.171 e. The summed E-state index contributed by atoms with van der Waals surface area (Å²) in [5.74, 6) is 1.72. The minimum atomic E-state index is -0.000653. The van der Waals surface area contributed by atoms with Gasteiger partial charge in [-0.3, -0.25) is 0 Å². The molecule has 3 N–H and O–H groups in total. The van der Waals surface area contributed by atoms with Crippen LogP contribution in [-0.2, 0) is 0 Å². The number of anilines is 1. The van der Waals surface area contributed by atoms with Crippen molar-refractivity contribution in [2.75, 3.05) is 23.7 Å². The van der Waals surface area contributed by atoms with E-state index in [-0.39, 0.29) is 10.6 Å². The Hall–Kier alpha value is -1.14. The number of halogens is 1. The molecule has 0 radical (unpaired) electrons. The lowest BCUT2D eigenvalue weighted by Gasteiger charge is -2.38. The van der Waals surface area contributed by atoms with Gasteiger partial charge in [-0.25, -0.2) is 4.98 Å². The quantitative estimate of drug-likeness (QED) is 0.379. The second-order valence-corrected chi connectivity index (χ2v) is 7.19. The van der Waals surface area contributed by atoms with Crippen LogP contribution in [0, 0.1) is 0 Å². The van der Waals surface area contributed by atoms with Gasteiger partial charge in [0, 0.05) is 35.3 Å². The van der Waals surface area contributed by atoms with Crippen LogP contribution in [0.4, 0.5) is 5.82 Å². The molecule has 2 rings (SSSR count). The fraction of sp³-hybridized carbons (Fsp3) is 0.500. The number of hydrogen-bond acceptors (Lipinski definition) is 5. The van der Waals surface area contributed by atoms with E-state index < -0.39 is 0 Å². The zero-order valence-electron chi connectivity index (χ0n) is 10.9. The van der Waals surface area contributed by atoms with Gasteiger partial charge in [0.2, 0.25) is 0 Å². The third-order valence-electron chi connectivity index (χ3n) is 2.98. The van der Waals surface area contributed by atoms with E-state index in [1.807, 2.05) is 11.8 Å². The van der Waals surface area contributed by atoms with Gasteiger partial charge in [-0.2, -0.15) is 11.8 Å². The minimum absolute atomic E-state index is 0.000653. The smallest absolute Gasteiger partial charge is 0.171 e. The fourth-order valence-electron chi connectivity index (χ4n) is 2.10. The number of hydrogen-bond donors (Lipinski definition) is 2. The van der Waals surface area contributed by atoms with Gasteiger partial charge in [-0.1, -0.05) is 16.8 Å². The van der Waals surface area contributed by atoms with E-state index in [4.69, 9.17) is 22.5 Å². The molecule has 19 heavy (non-hydrogen) atoms. The first-order valence-corrected chi connectivity index (χ1v) is 7.32. The van der Waals surface area contributed by atoms with Crippen molar-refractivity contribution in [3.8, 4) is 0 Å². The van der Waals surface area contributed by atoms with E-state index in [9.17, 15) is 0 Å². The van der Waals surface area contributed by atoms with Gasteiger partial charge in [-0.15, -0.1) is 0 Å². The van der Waals surface area contributed by atoms with Crippen LogP contribution >= 0.6 is 23.4 Å². The van der Waals surface area contributed by atoms with Gasteiger partial charge in [0.15, 0.2) is 5.84 Å². The molecule has 5 nitrogen and oxygen atoms in total. The summed E-state index contributed by atoms with van der Waals surface area (Å²) in [6, 6.07) is 1.64. The average Bonchev–Trinajstić information content (AvgIpc) is 2.37. The molecule has 0 atom stereocenters. The maximum absolute atomic E-state index is 8.76. The molecular formula is C12H17ClN4OS. The third-order valence-corrected chi connectivity index (χ3v) is 4.65. The highest BCUT2D eigenvalue weighted by molar-refractivity contribution is 8.00. The van der Waals surface area contributed by atoms with Crippen LogP contribution in [0.2, 0.25) is 5.02 Å². The van der Waals surface area contributed by atoms with Crippen LogP contribution in [0.25, 0.3) is 0 Å². The number of nitrogens with zero attached hydrogens (tertiary/aromatic N) is 3. The van der Waals surface area contributed by atoms with E-state index in [1.54, 1.807) is 12.3 Å². The van der Waals surface area contributed by atoms with Crippen LogP contribution in [0.1, 0.15) is 19.4 Å². The van der Waals surface area contributed by atoms with Crippen molar-refractivity contribution >= 4 is 35.0 Å². The first-order chi connectivity index (χ1) is 8.94. The van der Waals surface area contributed by atoms with Crippen molar-refractivity contribution < 1.29 is 5.21 Å². The summed E-state index contributed by atoms with van der Waals surface area (Å²) in [6.45, 7) is 6.15. The normalized spacial score (nSPS) is 19.5. The first kappa shape index (κ1) is 14.3. The number of rotatable bonds is 2. The van der Waals surface area contributed by atoms with E-state index in [0.29, 0.717) is 16.4 Å². The molecule has 7 heteroatoms.